The van der Waals surface area contributed by atoms with Gasteiger partial charge in [-0.3, -0.25) is 4.79 Å². The van der Waals surface area contributed by atoms with E-state index >= 15 is 0 Å². The predicted molar refractivity (Wildman–Crippen MR) is 77.2 cm³/mol. The highest BCUT2D eigenvalue weighted by Crippen LogP contribution is 2.28. The van der Waals surface area contributed by atoms with Crippen LogP contribution in [-0.4, -0.2) is 29.7 Å². The highest BCUT2D eigenvalue weighted by molar-refractivity contribution is 7.10. The van der Waals surface area contributed by atoms with E-state index in [1.165, 1.54) is 0 Å². The molecular weight excluding hydrogens is 260 g/mol. The number of hydrogen-bond donors (Lipinski definition) is 3. The second-order valence-electron chi connectivity index (χ2n) is 5.30. The third-order valence-corrected chi connectivity index (χ3v) is 4.89. The van der Waals surface area contributed by atoms with Crippen LogP contribution >= 0.6 is 11.3 Å². The maximum atomic E-state index is 11.9. The first-order chi connectivity index (χ1) is 9.15. The van der Waals surface area contributed by atoms with Crippen molar-refractivity contribution in [3.8, 4) is 0 Å². The molecule has 0 bridgehead atoms. The number of hydrogen-bond acceptors (Lipinski definition) is 4. The third-order valence-electron chi connectivity index (χ3n) is 3.83. The number of aliphatic hydroxyl groups excluding tert-OH is 1. The average Bonchev–Trinajstić information content (AvgIpc) is 3.08. The summed E-state index contributed by atoms with van der Waals surface area (Å²) in [4.78, 5) is 13.1. The van der Waals surface area contributed by atoms with Crippen molar-refractivity contribution in [1.29, 1.82) is 0 Å². The molecule has 1 amide bonds. The molecular formula is C14H22N2O2S. The molecule has 1 aromatic rings. The normalized spacial score (nSPS) is 19.3. The van der Waals surface area contributed by atoms with E-state index in [4.69, 9.17) is 0 Å². The van der Waals surface area contributed by atoms with Crippen molar-refractivity contribution in [3.05, 3.63) is 22.4 Å². The second kappa shape index (κ2) is 6.50. The lowest BCUT2D eigenvalue weighted by Gasteiger charge is -2.28. The molecule has 1 unspecified atom stereocenters. The number of rotatable bonds is 6. The first kappa shape index (κ1) is 14.5. The van der Waals surface area contributed by atoms with Gasteiger partial charge in [0, 0.05) is 10.4 Å². The summed E-state index contributed by atoms with van der Waals surface area (Å²) >= 11 is 1.65. The number of carbonyl (C=O) groups is 1. The SMILES string of the molecule is CC(NC(=O)CNC1(CO)CCCC1)c1cccs1. The summed E-state index contributed by atoms with van der Waals surface area (Å²) in [7, 11) is 0. The molecule has 4 nitrogen and oxygen atoms in total. The van der Waals surface area contributed by atoms with Crippen LogP contribution in [0.2, 0.25) is 0 Å². The molecule has 0 saturated heterocycles. The number of nitrogens with one attached hydrogen (secondary N) is 2. The van der Waals surface area contributed by atoms with Crippen molar-refractivity contribution < 1.29 is 9.90 Å². The summed E-state index contributed by atoms with van der Waals surface area (Å²) in [5.74, 6) is -0.0133. The summed E-state index contributed by atoms with van der Waals surface area (Å²) in [5.41, 5.74) is -0.233. The van der Waals surface area contributed by atoms with E-state index in [-0.39, 0.29) is 30.6 Å². The maximum absolute atomic E-state index is 11.9. The fourth-order valence-electron chi connectivity index (χ4n) is 2.61. The standard InChI is InChI=1S/C14H22N2O2S/c1-11(12-5-4-8-19-12)16-13(18)9-15-14(10-17)6-2-3-7-14/h4-5,8,11,15,17H,2-3,6-7,9-10H2,1H3,(H,16,18). The molecule has 1 fully saturated rings. The Hall–Kier alpha value is -0.910. The van der Waals surface area contributed by atoms with Gasteiger partial charge in [0.2, 0.25) is 5.91 Å². The summed E-state index contributed by atoms with van der Waals surface area (Å²) in [6, 6.07) is 4.05. The van der Waals surface area contributed by atoms with E-state index in [1.807, 2.05) is 24.4 Å². The Kier molecular flexibility index (Phi) is 4.96. The van der Waals surface area contributed by atoms with Crippen molar-refractivity contribution in [1.82, 2.24) is 10.6 Å². The lowest BCUT2D eigenvalue weighted by Crippen LogP contribution is -2.50. The lowest BCUT2D eigenvalue weighted by atomic mass is 9.99. The van der Waals surface area contributed by atoms with Gasteiger partial charge in [0.15, 0.2) is 0 Å². The van der Waals surface area contributed by atoms with Crippen LogP contribution < -0.4 is 10.6 Å². The quantitative estimate of drug-likeness (QED) is 0.746. The Labute approximate surface area is 118 Å². The van der Waals surface area contributed by atoms with Gasteiger partial charge in [-0.05, 0) is 31.2 Å². The van der Waals surface area contributed by atoms with Crippen LogP contribution in [0, 0.1) is 0 Å². The highest BCUT2D eigenvalue weighted by atomic mass is 32.1. The smallest absolute Gasteiger partial charge is 0.234 e. The average molecular weight is 282 g/mol. The van der Waals surface area contributed by atoms with E-state index in [1.54, 1.807) is 11.3 Å². The molecule has 1 aliphatic rings. The van der Waals surface area contributed by atoms with Crippen molar-refractivity contribution in [3.63, 3.8) is 0 Å². The van der Waals surface area contributed by atoms with Gasteiger partial charge < -0.3 is 15.7 Å². The molecule has 3 N–H and O–H groups in total. The van der Waals surface area contributed by atoms with Crippen molar-refractivity contribution in [2.75, 3.05) is 13.2 Å². The van der Waals surface area contributed by atoms with E-state index in [0.717, 1.165) is 30.6 Å². The van der Waals surface area contributed by atoms with Gasteiger partial charge >= 0.3 is 0 Å². The van der Waals surface area contributed by atoms with Crippen LogP contribution in [0.5, 0.6) is 0 Å². The second-order valence-corrected chi connectivity index (χ2v) is 6.28. The van der Waals surface area contributed by atoms with Crippen LogP contribution in [0.4, 0.5) is 0 Å². The topological polar surface area (TPSA) is 61.4 Å². The summed E-state index contributed by atoms with van der Waals surface area (Å²) < 4.78 is 0. The van der Waals surface area contributed by atoms with E-state index in [2.05, 4.69) is 10.6 Å². The van der Waals surface area contributed by atoms with Crippen molar-refractivity contribution in [2.24, 2.45) is 0 Å². The van der Waals surface area contributed by atoms with Crippen LogP contribution in [0.3, 0.4) is 0 Å². The highest BCUT2D eigenvalue weighted by Gasteiger charge is 2.33. The summed E-state index contributed by atoms with van der Waals surface area (Å²) in [5, 5.41) is 17.7. The minimum absolute atomic E-state index is 0.0133. The molecule has 19 heavy (non-hydrogen) atoms. The fourth-order valence-corrected chi connectivity index (χ4v) is 3.35. The monoisotopic (exact) mass is 282 g/mol. The molecule has 2 rings (SSSR count). The molecule has 0 spiro atoms. The molecule has 5 heteroatoms. The molecule has 106 valence electrons. The van der Waals surface area contributed by atoms with Gasteiger partial charge in [-0.2, -0.15) is 0 Å². The Bertz CT molecular complexity index is 400. The Balaban J connectivity index is 1.78. The van der Waals surface area contributed by atoms with Crippen LogP contribution in [-0.2, 0) is 4.79 Å². The van der Waals surface area contributed by atoms with Crippen molar-refractivity contribution in [2.45, 2.75) is 44.2 Å². The van der Waals surface area contributed by atoms with Gasteiger partial charge in [-0.25, -0.2) is 0 Å². The molecule has 0 aliphatic heterocycles. The first-order valence-corrected chi connectivity index (χ1v) is 7.72. The Morgan fingerprint density at radius 3 is 2.84 bits per heavy atom. The zero-order valence-corrected chi connectivity index (χ0v) is 12.1. The number of aliphatic hydroxyl groups is 1. The van der Waals surface area contributed by atoms with Gasteiger partial charge in [0.05, 0.1) is 19.2 Å². The Morgan fingerprint density at radius 1 is 1.53 bits per heavy atom. The van der Waals surface area contributed by atoms with E-state index < -0.39 is 0 Å². The molecule has 1 heterocycles. The van der Waals surface area contributed by atoms with Crippen LogP contribution in [0.25, 0.3) is 0 Å². The maximum Gasteiger partial charge on any atom is 0.234 e. The van der Waals surface area contributed by atoms with Gasteiger partial charge in [-0.15, -0.1) is 11.3 Å². The lowest BCUT2D eigenvalue weighted by molar-refractivity contribution is -0.121. The van der Waals surface area contributed by atoms with Crippen LogP contribution in [0.15, 0.2) is 17.5 Å². The summed E-state index contributed by atoms with van der Waals surface area (Å²) in [6.07, 6.45) is 4.16. The van der Waals surface area contributed by atoms with Gasteiger partial charge in [-0.1, -0.05) is 18.9 Å². The number of amides is 1. The van der Waals surface area contributed by atoms with Crippen molar-refractivity contribution >= 4 is 17.2 Å². The molecule has 0 radical (unpaired) electrons. The number of carbonyl (C=O) groups excluding carboxylic acids is 1. The molecule has 1 saturated carbocycles. The zero-order chi connectivity index (χ0) is 13.7. The largest absolute Gasteiger partial charge is 0.394 e. The molecule has 1 aromatic heterocycles. The first-order valence-electron chi connectivity index (χ1n) is 6.84. The van der Waals surface area contributed by atoms with Crippen LogP contribution in [0.1, 0.15) is 43.5 Å². The molecule has 1 atom stereocenters. The molecule has 0 aromatic carbocycles. The molecule has 1 aliphatic carbocycles. The minimum Gasteiger partial charge on any atom is -0.394 e. The number of thiophene rings is 1. The van der Waals surface area contributed by atoms with E-state index in [0.29, 0.717) is 0 Å². The van der Waals surface area contributed by atoms with Gasteiger partial charge in [0.25, 0.3) is 0 Å². The van der Waals surface area contributed by atoms with E-state index in [9.17, 15) is 9.90 Å². The van der Waals surface area contributed by atoms with Gasteiger partial charge in [0.1, 0.15) is 0 Å². The predicted octanol–water partition coefficient (Wildman–Crippen LogP) is 1.82. The minimum atomic E-state index is -0.233. The summed E-state index contributed by atoms with van der Waals surface area (Å²) in [6.45, 7) is 2.37. The third kappa shape index (κ3) is 3.78. The fraction of sp³-hybridized carbons (Fsp3) is 0.643. The zero-order valence-electron chi connectivity index (χ0n) is 11.3. The Morgan fingerprint density at radius 2 is 2.26 bits per heavy atom.